The zero-order valence-corrected chi connectivity index (χ0v) is 16.1. The topological polar surface area (TPSA) is 85.2 Å². The van der Waals surface area contributed by atoms with Crippen molar-refractivity contribution in [3.05, 3.63) is 53.9 Å². The van der Waals surface area contributed by atoms with Crippen molar-refractivity contribution in [1.29, 1.82) is 0 Å². The summed E-state index contributed by atoms with van der Waals surface area (Å²) >= 11 is 0. The lowest BCUT2D eigenvalue weighted by atomic mass is 10.1. The fourth-order valence-corrected chi connectivity index (χ4v) is 3.08. The van der Waals surface area contributed by atoms with Gasteiger partial charge in [-0.2, -0.15) is 5.10 Å². The third-order valence-corrected chi connectivity index (χ3v) is 4.42. The summed E-state index contributed by atoms with van der Waals surface area (Å²) in [6, 6.07) is 10.1. The van der Waals surface area contributed by atoms with E-state index in [9.17, 15) is 9.59 Å². The summed E-state index contributed by atoms with van der Waals surface area (Å²) in [5, 5.41) is 10.5. The lowest BCUT2D eigenvalue weighted by Gasteiger charge is -2.23. The van der Waals surface area contributed by atoms with Crippen molar-refractivity contribution in [2.24, 2.45) is 0 Å². The van der Waals surface area contributed by atoms with Gasteiger partial charge in [-0.05, 0) is 37.9 Å². The van der Waals surface area contributed by atoms with E-state index in [0.717, 1.165) is 25.9 Å². The molecule has 2 atom stereocenters. The van der Waals surface area contributed by atoms with Gasteiger partial charge in [0.25, 0.3) is 5.91 Å². The maximum absolute atomic E-state index is 12.6. The first kappa shape index (κ1) is 20.9. The molecule has 1 aromatic heterocycles. The third-order valence-electron chi connectivity index (χ3n) is 4.42. The van der Waals surface area contributed by atoms with E-state index in [2.05, 4.69) is 15.7 Å². The molecule has 0 spiro atoms. The number of esters is 1. The van der Waals surface area contributed by atoms with Crippen LogP contribution in [0.4, 0.5) is 0 Å². The number of aromatic nitrogens is 2. The van der Waals surface area contributed by atoms with Crippen LogP contribution >= 0.6 is 12.4 Å². The maximum Gasteiger partial charge on any atom is 0.333 e. The molecule has 0 radical (unpaired) electrons. The molecule has 1 fully saturated rings. The van der Waals surface area contributed by atoms with Gasteiger partial charge in [-0.1, -0.05) is 30.3 Å². The zero-order chi connectivity index (χ0) is 18.4. The Labute approximate surface area is 164 Å². The van der Waals surface area contributed by atoms with Crippen LogP contribution in [-0.2, 0) is 9.53 Å². The first-order chi connectivity index (χ1) is 12.7. The van der Waals surface area contributed by atoms with Crippen LogP contribution in [0.2, 0.25) is 0 Å². The zero-order valence-electron chi connectivity index (χ0n) is 15.3. The van der Waals surface area contributed by atoms with Gasteiger partial charge in [0.1, 0.15) is 5.69 Å². The number of rotatable bonds is 6. The summed E-state index contributed by atoms with van der Waals surface area (Å²) in [6.45, 7) is 3.85. The predicted molar refractivity (Wildman–Crippen MR) is 104 cm³/mol. The monoisotopic (exact) mass is 392 g/mol. The first-order valence-electron chi connectivity index (χ1n) is 8.97. The highest BCUT2D eigenvalue weighted by Crippen LogP contribution is 2.17. The Morgan fingerprint density at radius 2 is 2.11 bits per heavy atom. The molecule has 1 amide bonds. The van der Waals surface area contributed by atoms with Crippen LogP contribution in [0, 0.1) is 0 Å². The molecule has 1 unspecified atom stereocenters. The van der Waals surface area contributed by atoms with Crippen molar-refractivity contribution in [1.82, 2.24) is 20.4 Å². The Balaban J connectivity index is 0.00000261. The van der Waals surface area contributed by atoms with Gasteiger partial charge in [0.15, 0.2) is 6.04 Å². The van der Waals surface area contributed by atoms with Crippen molar-refractivity contribution >= 4 is 24.3 Å². The summed E-state index contributed by atoms with van der Waals surface area (Å²) in [5.41, 5.74) is 0.969. The molecule has 3 rings (SSSR count). The van der Waals surface area contributed by atoms with Crippen LogP contribution in [-0.4, -0.2) is 41.4 Å². The molecule has 0 saturated carbocycles. The molecule has 0 aliphatic carbocycles. The number of hydrogen-bond donors (Lipinski definition) is 2. The number of nitrogens with one attached hydrogen (secondary N) is 2. The first-order valence-corrected chi connectivity index (χ1v) is 8.97. The Bertz CT molecular complexity index is 744. The molecular formula is C19H25ClN4O3. The summed E-state index contributed by atoms with van der Waals surface area (Å²) in [4.78, 5) is 24.9. The van der Waals surface area contributed by atoms with Crippen LogP contribution in [0.15, 0.2) is 42.6 Å². The largest absolute Gasteiger partial charge is 0.464 e. The van der Waals surface area contributed by atoms with Crippen molar-refractivity contribution in [3.8, 4) is 0 Å². The molecular weight excluding hydrogens is 368 g/mol. The quantitative estimate of drug-likeness (QED) is 0.736. The molecule has 2 aromatic rings. The van der Waals surface area contributed by atoms with Crippen LogP contribution in [0.5, 0.6) is 0 Å². The Kier molecular flexibility index (Phi) is 7.82. The SMILES string of the molecule is CCOC(=O)[C@H](NC(=O)c1ccn(C2CCCNC2)n1)c1ccccc1.Cl. The Morgan fingerprint density at radius 3 is 2.78 bits per heavy atom. The van der Waals surface area contributed by atoms with Crippen molar-refractivity contribution < 1.29 is 14.3 Å². The van der Waals surface area contributed by atoms with Crippen molar-refractivity contribution in [2.45, 2.75) is 31.8 Å². The molecule has 2 N–H and O–H groups in total. The van der Waals surface area contributed by atoms with Gasteiger partial charge in [-0.3, -0.25) is 9.48 Å². The number of piperidine rings is 1. The van der Waals surface area contributed by atoms with Gasteiger partial charge in [0, 0.05) is 12.7 Å². The van der Waals surface area contributed by atoms with Crippen LogP contribution in [0.3, 0.4) is 0 Å². The van der Waals surface area contributed by atoms with E-state index in [1.807, 2.05) is 29.1 Å². The number of benzene rings is 1. The highest BCUT2D eigenvalue weighted by molar-refractivity contribution is 5.95. The fourth-order valence-electron chi connectivity index (χ4n) is 3.08. The summed E-state index contributed by atoms with van der Waals surface area (Å²) in [7, 11) is 0. The molecule has 1 aromatic carbocycles. The van der Waals surface area contributed by atoms with Crippen LogP contribution in [0.1, 0.15) is 47.9 Å². The van der Waals surface area contributed by atoms with Crippen LogP contribution < -0.4 is 10.6 Å². The lowest BCUT2D eigenvalue weighted by Crippen LogP contribution is -2.35. The minimum Gasteiger partial charge on any atom is -0.464 e. The average Bonchev–Trinajstić information content (AvgIpc) is 3.18. The molecule has 1 saturated heterocycles. The number of carbonyl (C=O) groups is 2. The maximum atomic E-state index is 12.6. The standard InChI is InChI=1S/C19H24N4O3.ClH/c1-2-26-19(25)17(14-7-4-3-5-8-14)21-18(24)16-10-12-23(22-16)15-9-6-11-20-13-15;/h3-5,7-8,10,12,15,17,20H,2,6,9,11,13H2,1H3,(H,21,24);1H/t15?,17-;/m1./s1. The summed E-state index contributed by atoms with van der Waals surface area (Å²) < 4.78 is 6.93. The molecule has 27 heavy (non-hydrogen) atoms. The van der Waals surface area contributed by atoms with Crippen LogP contribution in [0.25, 0.3) is 0 Å². The number of amides is 1. The minimum atomic E-state index is -0.856. The fraction of sp³-hybridized carbons (Fsp3) is 0.421. The van der Waals surface area contributed by atoms with E-state index >= 15 is 0 Å². The molecule has 146 valence electrons. The smallest absolute Gasteiger partial charge is 0.333 e. The molecule has 0 bridgehead atoms. The highest BCUT2D eigenvalue weighted by Gasteiger charge is 2.26. The van der Waals surface area contributed by atoms with Crippen molar-refractivity contribution in [2.75, 3.05) is 19.7 Å². The second-order valence-electron chi connectivity index (χ2n) is 6.25. The second kappa shape index (κ2) is 10.1. The summed E-state index contributed by atoms with van der Waals surface area (Å²) in [5.74, 6) is -0.877. The molecule has 2 heterocycles. The number of nitrogens with zero attached hydrogens (tertiary/aromatic N) is 2. The van der Waals surface area contributed by atoms with Gasteiger partial charge in [-0.25, -0.2) is 4.79 Å². The average molecular weight is 393 g/mol. The van der Waals surface area contributed by atoms with Gasteiger partial charge >= 0.3 is 5.97 Å². The van der Waals surface area contributed by atoms with E-state index < -0.39 is 17.9 Å². The Hall–Kier alpha value is -2.38. The van der Waals surface area contributed by atoms with Gasteiger partial charge in [0.05, 0.1) is 12.6 Å². The highest BCUT2D eigenvalue weighted by atomic mass is 35.5. The summed E-state index contributed by atoms with van der Waals surface area (Å²) in [6.07, 6.45) is 3.94. The molecule has 1 aliphatic rings. The number of carbonyl (C=O) groups excluding carboxylic acids is 2. The van der Waals surface area contributed by atoms with E-state index in [1.54, 1.807) is 25.1 Å². The molecule has 7 nitrogen and oxygen atoms in total. The third kappa shape index (κ3) is 5.30. The number of hydrogen-bond acceptors (Lipinski definition) is 5. The van der Waals surface area contributed by atoms with Gasteiger partial charge < -0.3 is 15.4 Å². The number of ether oxygens (including phenoxy) is 1. The van der Waals surface area contributed by atoms with E-state index in [-0.39, 0.29) is 25.1 Å². The van der Waals surface area contributed by atoms with E-state index in [0.29, 0.717) is 11.3 Å². The Morgan fingerprint density at radius 1 is 1.33 bits per heavy atom. The van der Waals surface area contributed by atoms with Crippen molar-refractivity contribution in [3.63, 3.8) is 0 Å². The molecule has 8 heteroatoms. The van der Waals surface area contributed by atoms with E-state index in [4.69, 9.17) is 4.74 Å². The van der Waals surface area contributed by atoms with E-state index in [1.165, 1.54) is 0 Å². The number of halogens is 1. The minimum absolute atomic E-state index is 0. The van der Waals surface area contributed by atoms with Gasteiger partial charge in [0.2, 0.25) is 0 Å². The predicted octanol–water partition coefficient (Wildman–Crippen LogP) is 2.26. The molecule has 1 aliphatic heterocycles. The van der Waals surface area contributed by atoms with Gasteiger partial charge in [-0.15, -0.1) is 12.4 Å². The lowest BCUT2D eigenvalue weighted by molar-refractivity contribution is -0.145. The normalized spacial score (nSPS) is 17.4. The second-order valence-corrected chi connectivity index (χ2v) is 6.25.